The molecule has 0 aromatic heterocycles. The van der Waals surface area contributed by atoms with Crippen LogP contribution in [-0.4, -0.2) is 24.5 Å². The third kappa shape index (κ3) is 13.4. The minimum atomic E-state index is -4.11. The predicted molar refractivity (Wildman–Crippen MR) is 98.9 cm³/mol. The quantitative estimate of drug-likeness (QED) is 0.240. The van der Waals surface area contributed by atoms with E-state index in [4.69, 9.17) is 9.47 Å². The van der Waals surface area contributed by atoms with Crippen LogP contribution < -0.4 is 29.6 Å². The molecule has 1 aliphatic rings. The first-order valence-electron chi connectivity index (χ1n) is 9.84. The Bertz CT molecular complexity index is 492. The Labute approximate surface area is 182 Å². The van der Waals surface area contributed by atoms with E-state index in [2.05, 4.69) is 6.92 Å². The fraction of sp³-hybridized carbons (Fsp3) is 0.895. The first kappa shape index (κ1) is 26.2. The molecule has 1 unspecified atom stereocenters. The molecule has 1 atom stereocenters. The van der Waals surface area contributed by atoms with Gasteiger partial charge in [0.05, 0.1) is 10.1 Å². The van der Waals surface area contributed by atoms with Gasteiger partial charge in [0.25, 0.3) is 0 Å². The average molecular weight is 399 g/mol. The summed E-state index contributed by atoms with van der Waals surface area (Å²) >= 11 is 0. The van der Waals surface area contributed by atoms with Crippen molar-refractivity contribution in [1.29, 1.82) is 0 Å². The largest absolute Gasteiger partial charge is 1.00 e. The van der Waals surface area contributed by atoms with Crippen LogP contribution in [-0.2, 0) is 19.6 Å². The van der Waals surface area contributed by atoms with Crippen molar-refractivity contribution < 1.29 is 52.0 Å². The molecule has 0 saturated heterocycles. The third-order valence-corrected chi connectivity index (χ3v) is 5.38. The van der Waals surface area contributed by atoms with E-state index in [1.807, 2.05) is 6.92 Å². The van der Waals surface area contributed by atoms with E-state index in [1.54, 1.807) is 6.26 Å². The van der Waals surface area contributed by atoms with E-state index in [1.165, 1.54) is 51.4 Å². The molecule has 1 rings (SSSR count). The zero-order valence-electron chi connectivity index (χ0n) is 16.9. The fourth-order valence-electron chi connectivity index (χ4n) is 3.07. The molecular weight excluding hydrogens is 363 g/mol. The van der Waals surface area contributed by atoms with Crippen molar-refractivity contribution in [3.63, 3.8) is 0 Å². The SMILES string of the molecule is CCCCCCCCCCCC1(C)OC=C(CCCCS(=O)(=O)[O-])O1.[Na+]. The van der Waals surface area contributed by atoms with Crippen molar-refractivity contribution >= 4 is 10.1 Å². The van der Waals surface area contributed by atoms with Gasteiger partial charge in [-0.1, -0.05) is 58.3 Å². The normalized spacial score (nSPS) is 19.4. The van der Waals surface area contributed by atoms with Crippen LogP contribution in [0.2, 0.25) is 0 Å². The van der Waals surface area contributed by atoms with Crippen LogP contribution in [0, 0.1) is 0 Å². The molecule has 0 fully saturated rings. The topological polar surface area (TPSA) is 75.7 Å². The molecule has 0 N–H and O–H groups in total. The summed E-state index contributed by atoms with van der Waals surface area (Å²) in [5, 5.41) is 0. The summed E-state index contributed by atoms with van der Waals surface area (Å²) in [7, 11) is -4.11. The maximum atomic E-state index is 10.6. The molecule has 0 aromatic carbocycles. The molecule has 7 heteroatoms. The van der Waals surface area contributed by atoms with Crippen molar-refractivity contribution in [2.24, 2.45) is 0 Å². The van der Waals surface area contributed by atoms with Crippen molar-refractivity contribution in [3.8, 4) is 0 Å². The van der Waals surface area contributed by atoms with Gasteiger partial charge < -0.3 is 14.0 Å². The number of hydrogen-bond donors (Lipinski definition) is 0. The average Bonchev–Trinajstić information content (AvgIpc) is 2.91. The van der Waals surface area contributed by atoms with Crippen molar-refractivity contribution in [1.82, 2.24) is 0 Å². The van der Waals surface area contributed by atoms with Crippen LogP contribution in [0.1, 0.15) is 97.3 Å². The standard InChI is InChI=1S/C19H36O5S.Na/c1-3-4-5-6-7-8-9-10-12-15-19(2)23-17-18(24-19)14-11-13-16-25(20,21)22;/h17H,3-16H2,1-2H3,(H,20,21,22);/q;+1/p-1. The molecule has 5 nitrogen and oxygen atoms in total. The van der Waals surface area contributed by atoms with Gasteiger partial charge >= 0.3 is 29.6 Å². The second-order valence-electron chi connectivity index (χ2n) is 7.24. The number of ether oxygens (including phenoxy) is 2. The van der Waals surface area contributed by atoms with Crippen LogP contribution in [0.4, 0.5) is 0 Å². The monoisotopic (exact) mass is 398 g/mol. The van der Waals surface area contributed by atoms with Crippen LogP contribution >= 0.6 is 0 Å². The van der Waals surface area contributed by atoms with Crippen molar-refractivity contribution in [2.75, 3.05) is 5.75 Å². The summed E-state index contributed by atoms with van der Waals surface area (Å²) in [5.74, 6) is -0.139. The summed E-state index contributed by atoms with van der Waals surface area (Å²) in [6, 6.07) is 0. The summed E-state index contributed by atoms with van der Waals surface area (Å²) in [6.45, 7) is 4.19. The van der Waals surface area contributed by atoms with E-state index in [0.29, 0.717) is 19.3 Å². The first-order chi connectivity index (χ1) is 11.8. The molecule has 0 aliphatic carbocycles. The molecule has 1 heterocycles. The summed E-state index contributed by atoms with van der Waals surface area (Å²) in [6.07, 6.45) is 15.7. The molecule has 148 valence electrons. The van der Waals surface area contributed by atoms with Crippen molar-refractivity contribution in [3.05, 3.63) is 12.0 Å². The number of rotatable bonds is 15. The van der Waals surface area contributed by atoms with Crippen molar-refractivity contribution in [2.45, 2.75) is 103 Å². The Kier molecular flexibility index (Phi) is 14.4. The smallest absolute Gasteiger partial charge is 0.748 e. The summed E-state index contributed by atoms with van der Waals surface area (Å²) in [4.78, 5) is 0. The molecule has 0 bridgehead atoms. The Hall–Kier alpha value is 0.250. The maximum absolute atomic E-state index is 10.6. The molecule has 0 saturated carbocycles. The van der Waals surface area contributed by atoms with Crippen LogP contribution in [0.3, 0.4) is 0 Å². The van der Waals surface area contributed by atoms with Gasteiger partial charge in [-0.05, 0) is 19.3 Å². The zero-order valence-corrected chi connectivity index (χ0v) is 19.7. The van der Waals surface area contributed by atoms with Gasteiger partial charge in [-0.25, -0.2) is 8.42 Å². The van der Waals surface area contributed by atoms with Gasteiger partial charge in [-0.2, -0.15) is 0 Å². The maximum Gasteiger partial charge on any atom is 1.00 e. The predicted octanol–water partition coefficient (Wildman–Crippen LogP) is 2.23. The molecule has 0 radical (unpaired) electrons. The Morgan fingerprint density at radius 2 is 1.54 bits per heavy atom. The summed E-state index contributed by atoms with van der Waals surface area (Å²) in [5.41, 5.74) is 0. The Morgan fingerprint density at radius 3 is 2.12 bits per heavy atom. The minimum absolute atomic E-state index is 0. The van der Waals surface area contributed by atoms with E-state index in [0.717, 1.165) is 18.6 Å². The van der Waals surface area contributed by atoms with Gasteiger partial charge in [0.15, 0.2) is 0 Å². The van der Waals surface area contributed by atoms with Gasteiger partial charge in [-0.3, -0.25) is 0 Å². The first-order valence-corrected chi connectivity index (χ1v) is 11.4. The number of allylic oxidation sites excluding steroid dienone is 1. The van der Waals surface area contributed by atoms with Gasteiger partial charge in [-0.15, -0.1) is 0 Å². The molecular formula is C19H35NaO5S. The Morgan fingerprint density at radius 1 is 0.962 bits per heavy atom. The van der Waals surface area contributed by atoms with Crippen LogP contribution in [0.25, 0.3) is 0 Å². The van der Waals surface area contributed by atoms with E-state index < -0.39 is 15.9 Å². The van der Waals surface area contributed by atoms with E-state index in [-0.39, 0.29) is 35.3 Å². The molecule has 0 aromatic rings. The van der Waals surface area contributed by atoms with E-state index in [9.17, 15) is 13.0 Å². The minimum Gasteiger partial charge on any atom is -0.748 e. The molecule has 0 amide bonds. The van der Waals surface area contributed by atoms with Gasteiger partial charge in [0, 0.05) is 25.5 Å². The molecule has 1 aliphatic heterocycles. The molecule has 26 heavy (non-hydrogen) atoms. The Balaban J connectivity index is 0.00000625. The third-order valence-electron chi connectivity index (χ3n) is 4.59. The number of unbranched alkanes of at least 4 members (excludes halogenated alkanes) is 9. The van der Waals surface area contributed by atoms with Gasteiger partial charge in [0.1, 0.15) is 12.0 Å². The fourth-order valence-corrected chi connectivity index (χ4v) is 3.63. The molecule has 0 spiro atoms. The number of hydrogen-bond acceptors (Lipinski definition) is 5. The second-order valence-corrected chi connectivity index (χ2v) is 8.76. The van der Waals surface area contributed by atoms with Crippen LogP contribution in [0.15, 0.2) is 12.0 Å². The van der Waals surface area contributed by atoms with E-state index >= 15 is 0 Å². The van der Waals surface area contributed by atoms with Gasteiger partial charge in [0.2, 0.25) is 5.79 Å². The second kappa shape index (κ2) is 14.3. The van der Waals surface area contributed by atoms with Crippen LogP contribution in [0.5, 0.6) is 0 Å². The summed E-state index contributed by atoms with van der Waals surface area (Å²) < 4.78 is 43.2. The zero-order chi connectivity index (χ0) is 18.6.